The van der Waals surface area contributed by atoms with E-state index in [1.54, 1.807) is 0 Å². The maximum absolute atomic E-state index is 9.84. The van der Waals surface area contributed by atoms with Gasteiger partial charge in [-0.2, -0.15) is 5.26 Å². The highest BCUT2D eigenvalue weighted by Gasteiger charge is 2.28. The summed E-state index contributed by atoms with van der Waals surface area (Å²) in [6.07, 6.45) is 4.14. The third kappa shape index (κ3) is 5.73. The number of hydrogen-bond acceptors (Lipinski definition) is 4. The summed E-state index contributed by atoms with van der Waals surface area (Å²) in [6, 6.07) is 2.13. The van der Waals surface area contributed by atoms with Crippen LogP contribution >= 0.6 is 0 Å². The van der Waals surface area contributed by atoms with E-state index in [1.165, 1.54) is 0 Å². The molecule has 1 fully saturated rings. The van der Waals surface area contributed by atoms with E-state index in [9.17, 15) is 5.11 Å². The molecule has 2 N–H and O–H groups in total. The van der Waals surface area contributed by atoms with Gasteiger partial charge in [-0.1, -0.05) is 6.58 Å². The number of aliphatic hydroxyl groups excluding tert-OH is 2. The van der Waals surface area contributed by atoms with Gasteiger partial charge in [0.15, 0.2) is 0 Å². The van der Waals surface area contributed by atoms with Gasteiger partial charge in [-0.15, -0.1) is 0 Å². The van der Waals surface area contributed by atoms with Gasteiger partial charge >= 0.3 is 0 Å². The molecule has 1 saturated heterocycles. The molecule has 19 heavy (non-hydrogen) atoms. The van der Waals surface area contributed by atoms with Crippen LogP contribution in [0.1, 0.15) is 45.4 Å². The van der Waals surface area contributed by atoms with E-state index in [2.05, 4.69) is 12.6 Å². The second-order valence-corrected chi connectivity index (χ2v) is 5.47. The van der Waals surface area contributed by atoms with Crippen LogP contribution in [0.2, 0.25) is 0 Å². The van der Waals surface area contributed by atoms with Crippen molar-refractivity contribution in [2.75, 3.05) is 6.61 Å². The maximum atomic E-state index is 9.84. The van der Waals surface area contributed by atoms with Crippen molar-refractivity contribution >= 4 is 0 Å². The molecule has 4 heteroatoms. The Kier molecular flexibility index (Phi) is 7.07. The summed E-state index contributed by atoms with van der Waals surface area (Å²) in [4.78, 5) is 0. The third-order valence-corrected chi connectivity index (χ3v) is 3.59. The second kappa shape index (κ2) is 8.31. The van der Waals surface area contributed by atoms with Crippen LogP contribution in [0.4, 0.5) is 0 Å². The molecular weight excluding hydrogens is 242 g/mol. The first-order valence-electron chi connectivity index (χ1n) is 7.08. The van der Waals surface area contributed by atoms with Gasteiger partial charge in [0.1, 0.15) is 0 Å². The number of nitrogens with zero attached hydrogens (tertiary/aromatic N) is 1. The molecule has 4 atom stereocenters. The first kappa shape index (κ1) is 16.2. The van der Waals surface area contributed by atoms with Gasteiger partial charge in [-0.25, -0.2) is 0 Å². The van der Waals surface area contributed by atoms with E-state index in [0.29, 0.717) is 12.8 Å². The summed E-state index contributed by atoms with van der Waals surface area (Å²) >= 11 is 0. The molecule has 108 valence electrons. The van der Waals surface area contributed by atoms with Crippen molar-refractivity contribution in [3.63, 3.8) is 0 Å². The Morgan fingerprint density at radius 2 is 2.26 bits per heavy atom. The molecule has 0 saturated carbocycles. The first-order valence-corrected chi connectivity index (χ1v) is 7.08. The number of rotatable bonds is 8. The van der Waals surface area contributed by atoms with Crippen LogP contribution < -0.4 is 0 Å². The van der Waals surface area contributed by atoms with Crippen molar-refractivity contribution in [3.05, 3.63) is 12.2 Å². The van der Waals surface area contributed by atoms with Crippen molar-refractivity contribution < 1.29 is 14.9 Å². The number of aliphatic hydroxyl groups is 2. The Labute approximate surface area is 115 Å². The molecule has 0 radical (unpaired) electrons. The van der Waals surface area contributed by atoms with E-state index < -0.39 is 6.10 Å². The van der Waals surface area contributed by atoms with Crippen molar-refractivity contribution in [1.82, 2.24) is 0 Å². The normalized spacial score (nSPS) is 26.1. The molecule has 1 rings (SSSR count). The zero-order valence-corrected chi connectivity index (χ0v) is 11.7. The van der Waals surface area contributed by atoms with E-state index in [0.717, 1.165) is 31.3 Å². The molecule has 0 amide bonds. The Morgan fingerprint density at radius 1 is 1.53 bits per heavy atom. The van der Waals surface area contributed by atoms with Crippen molar-refractivity contribution in [2.24, 2.45) is 5.92 Å². The molecule has 0 spiro atoms. The maximum Gasteiger partial charge on any atom is 0.0788 e. The summed E-state index contributed by atoms with van der Waals surface area (Å²) in [5.41, 5.74) is 1.09. The summed E-state index contributed by atoms with van der Waals surface area (Å²) in [6.45, 7) is 6.04. The van der Waals surface area contributed by atoms with Crippen molar-refractivity contribution in [3.8, 4) is 6.07 Å². The highest BCUT2D eigenvalue weighted by Crippen LogP contribution is 2.30. The molecule has 0 aliphatic carbocycles. The molecule has 0 aromatic heterocycles. The average molecular weight is 267 g/mol. The molecule has 1 unspecified atom stereocenters. The predicted molar refractivity (Wildman–Crippen MR) is 73.4 cm³/mol. The molecule has 4 nitrogen and oxygen atoms in total. The lowest BCUT2D eigenvalue weighted by Gasteiger charge is -2.16. The second-order valence-electron chi connectivity index (χ2n) is 5.47. The van der Waals surface area contributed by atoms with Crippen LogP contribution in [-0.2, 0) is 4.74 Å². The summed E-state index contributed by atoms with van der Waals surface area (Å²) in [7, 11) is 0. The van der Waals surface area contributed by atoms with E-state index in [1.807, 2.05) is 6.92 Å². The fourth-order valence-electron chi connectivity index (χ4n) is 2.48. The van der Waals surface area contributed by atoms with Gasteiger partial charge in [0.05, 0.1) is 24.4 Å². The first-order chi connectivity index (χ1) is 9.06. The third-order valence-electron chi connectivity index (χ3n) is 3.59. The van der Waals surface area contributed by atoms with Gasteiger partial charge in [0.2, 0.25) is 0 Å². The van der Waals surface area contributed by atoms with Crippen molar-refractivity contribution in [2.45, 2.75) is 63.8 Å². The van der Waals surface area contributed by atoms with Crippen LogP contribution in [-0.4, -0.2) is 35.1 Å². The zero-order chi connectivity index (χ0) is 14.3. The molecular formula is C15H25NO3. The van der Waals surface area contributed by atoms with E-state index in [4.69, 9.17) is 15.1 Å². The minimum atomic E-state index is -0.442. The Balaban J connectivity index is 2.26. The lowest BCUT2D eigenvalue weighted by atomic mass is 9.98. The number of hydrogen-bond donors (Lipinski definition) is 2. The summed E-state index contributed by atoms with van der Waals surface area (Å²) in [5.74, 6) is -0.111. The minimum absolute atomic E-state index is 0.0238. The predicted octanol–water partition coefficient (Wildman–Crippen LogP) is 2.16. The largest absolute Gasteiger partial charge is 0.396 e. The highest BCUT2D eigenvalue weighted by atomic mass is 16.5. The fraction of sp³-hybridized carbons (Fsp3) is 0.800. The number of nitriles is 1. The van der Waals surface area contributed by atoms with Crippen LogP contribution in [0.3, 0.4) is 0 Å². The van der Waals surface area contributed by atoms with Crippen molar-refractivity contribution in [1.29, 1.82) is 5.26 Å². The standard InChI is InChI=1S/C15H25NO3/c1-11(10-16)8-13(18)5-6-15-12(2)9-14(19-15)4-3-7-17/h11,13-15,17-18H,2-9H2,1H3/t11-,13?,14+,15+/m1/s1. The van der Waals surface area contributed by atoms with Crippen LogP contribution in [0.5, 0.6) is 0 Å². The van der Waals surface area contributed by atoms with Gasteiger partial charge in [-0.05, 0) is 51.0 Å². The molecule has 0 bridgehead atoms. The van der Waals surface area contributed by atoms with Gasteiger partial charge in [-0.3, -0.25) is 0 Å². The monoisotopic (exact) mass is 267 g/mol. The van der Waals surface area contributed by atoms with E-state index in [-0.39, 0.29) is 24.7 Å². The molecule has 1 aliphatic heterocycles. The lowest BCUT2D eigenvalue weighted by molar-refractivity contribution is 0.0293. The quantitative estimate of drug-likeness (QED) is 0.661. The van der Waals surface area contributed by atoms with Crippen LogP contribution in [0.25, 0.3) is 0 Å². The molecule has 1 heterocycles. The highest BCUT2D eigenvalue weighted by molar-refractivity contribution is 5.09. The van der Waals surface area contributed by atoms with Gasteiger partial charge < -0.3 is 14.9 Å². The molecule has 0 aromatic rings. The number of ether oxygens (including phenoxy) is 1. The fourth-order valence-corrected chi connectivity index (χ4v) is 2.48. The zero-order valence-electron chi connectivity index (χ0n) is 11.7. The lowest BCUT2D eigenvalue weighted by Crippen LogP contribution is -2.17. The Morgan fingerprint density at radius 3 is 2.89 bits per heavy atom. The van der Waals surface area contributed by atoms with E-state index >= 15 is 0 Å². The minimum Gasteiger partial charge on any atom is -0.396 e. The van der Waals surface area contributed by atoms with Crippen LogP contribution in [0, 0.1) is 17.2 Å². The topological polar surface area (TPSA) is 73.5 Å². The van der Waals surface area contributed by atoms with Crippen LogP contribution in [0.15, 0.2) is 12.2 Å². The van der Waals surface area contributed by atoms with Gasteiger partial charge in [0.25, 0.3) is 0 Å². The van der Waals surface area contributed by atoms with Gasteiger partial charge in [0, 0.05) is 12.5 Å². The summed E-state index contributed by atoms with van der Waals surface area (Å²) in [5, 5.41) is 27.3. The molecule has 1 aliphatic rings. The molecule has 0 aromatic carbocycles. The smallest absolute Gasteiger partial charge is 0.0788 e. The summed E-state index contributed by atoms with van der Waals surface area (Å²) < 4.78 is 5.87. The Hall–Kier alpha value is -0.890. The Bertz CT molecular complexity index is 324. The SMILES string of the molecule is C=C1C[C@H](CCCO)O[C@H]1CCC(O)C[C@@H](C)C#N. The average Bonchev–Trinajstić information content (AvgIpc) is 2.74.